The van der Waals surface area contributed by atoms with Crippen molar-refractivity contribution in [2.45, 2.75) is 31.6 Å². The Morgan fingerprint density at radius 3 is 2.29 bits per heavy atom. The lowest BCUT2D eigenvalue weighted by Gasteiger charge is -2.11. The molecule has 2 atom stereocenters. The van der Waals surface area contributed by atoms with E-state index in [9.17, 15) is 0 Å². The lowest BCUT2D eigenvalue weighted by atomic mass is 9.97. The van der Waals surface area contributed by atoms with Gasteiger partial charge in [-0.1, -0.05) is 38.1 Å². The van der Waals surface area contributed by atoms with E-state index in [1.54, 1.807) is 6.26 Å². The van der Waals surface area contributed by atoms with Crippen molar-refractivity contribution in [2.24, 2.45) is 0 Å². The van der Waals surface area contributed by atoms with Crippen LogP contribution in [0.4, 0.5) is 0 Å². The molecule has 0 radical (unpaired) electrons. The van der Waals surface area contributed by atoms with Gasteiger partial charge in [0.15, 0.2) is 0 Å². The smallest absolute Gasteiger partial charge is 0.126 e. The summed E-state index contributed by atoms with van der Waals surface area (Å²) in [4.78, 5) is 0. The van der Waals surface area contributed by atoms with Crippen molar-refractivity contribution in [3.05, 3.63) is 59.5 Å². The van der Waals surface area contributed by atoms with Gasteiger partial charge in [-0.3, -0.25) is 0 Å². The van der Waals surface area contributed by atoms with Gasteiger partial charge < -0.3 is 4.42 Å². The maximum atomic E-state index is 6.35. The average Bonchev–Trinajstić information content (AvgIpc) is 2.91. The quantitative estimate of drug-likeness (QED) is 0.685. The van der Waals surface area contributed by atoms with E-state index in [1.165, 1.54) is 5.56 Å². The molecule has 0 spiro atoms. The monoisotopic (exact) mass is 248 g/mol. The maximum Gasteiger partial charge on any atom is 0.126 e. The molecule has 2 unspecified atom stereocenters. The zero-order valence-corrected chi connectivity index (χ0v) is 10.9. The van der Waals surface area contributed by atoms with Crippen molar-refractivity contribution < 1.29 is 4.42 Å². The fourth-order valence-electron chi connectivity index (χ4n) is 1.83. The Hall–Kier alpha value is -1.21. The number of alkyl halides is 1. The Bertz CT molecular complexity index is 444. The molecule has 0 aliphatic heterocycles. The Morgan fingerprint density at radius 1 is 1.12 bits per heavy atom. The molecule has 0 N–H and O–H groups in total. The summed E-state index contributed by atoms with van der Waals surface area (Å²) in [7, 11) is 0. The molecular weight excluding hydrogens is 232 g/mol. The Kier molecular flexibility index (Phi) is 3.90. The van der Waals surface area contributed by atoms with Crippen molar-refractivity contribution in [3.8, 4) is 0 Å². The van der Waals surface area contributed by atoms with E-state index in [0.717, 1.165) is 17.7 Å². The normalized spacial score (nSPS) is 14.5. The zero-order chi connectivity index (χ0) is 12.3. The van der Waals surface area contributed by atoms with Gasteiger partial charge in [-0.25, -0.2) is 0 Å². The second-order valence-corrected chi connectivity index (χ2v) is 4.79. The number of furan rings is 1. The lowest BCUT2D eigenvalue weighted by Crippen LogP contribution is -1.94. The molecular formula is C15H17ClO. The first kappa shape index (κ1) is 12.3. The van der Waals surface area contributed by atoms with Crippen molar-refractivity contribution in [2.75, 3.05) is 0 Å². The molecule has 0 amide bonds. The van der Waals surface area contributed by atoms with E-state index in [0.29, 0.717) is 5.92 Å². The van der Waals surface area contributed by atoms with Gasteiger partial charge in [-0.05, 0) is 35.6 Å². The van der Waals surface area contributed by atoms with E-state index >= 15 is 0 Å². The third kappa shape index (κ3) is 2.73. The Balaban J connectivity index is 2.18. The highest BCUT2D eigenvalue weighted by Gasteiger charge is 2.13. The molecule has 90 valence electrons. The van der Waals surface area contributed by atoms with Crippen LogP contribution in [0.15, 0.2) is 47.1 Å². The molecule has 1 aromatic heterocycles. The summed E-state index contributed by atoms with van der Waals surface area (Å²) in [5.74, 6) is 1.39. The first-order valence-electron chi connectivity index (χ1n) is 5.99. The van der Waals surface area contributed by atoms with Gasteiger partial charge in [0.2, 0.25) is 0 Å². The van der Waals surface area contributed by atoms with Gasteiger partial charge in [0.25, 0.3) is 0 Å². The number of hydrogen-bond acceptors (Lipinski definition) is 1. The van der Waals surface area contributed by atoms with Crippen molar-refractivity contribution in [1.29, 1.82) is 0 Å². The first-order valence-corrected chi connectivity index (χ1v) is 6.43. The van der Waals surface area contributed by atoms with Crippen molar-refractivity contribution in [3.63, 3.8) is 0 Å². The molecule has 0 fully saturated rings. The van der Waals surface area contributed by atoms with E-state index in [1.807, 2.05) is 12.1 Å². The summed E-state index contributed by atoms with van der Waals surface area (Å²) in [6.07, 6.45) is 2.81. The van der Waals surface area contributed by atoms with Crippen LogP contribution in [0.3, 0.4) is 0 Å². The van der Waals surface area contributed by atoms with Crippen LogP contribution in [0.1, 0.15) is 48.5 Å². The zero-order valence-electron chi connectivity index (χ0n) is 10.2. The summed E-state index contributed by atoms with van der Waals surface area (Å²) in [6.45, 7) is 4.44. The molecule has 0 aliphatic rings. The summed E-state index contributed by atoms with van der Waals surface area (Å²) in [6, 6.07) is 12.2. The maximum absolute atomic E-state index is 6.35. The van der Waals surface area contributed by atoms with Crippen molar-refractivity contribution >= 4 is 11.6 Å². The van der Waals surface area contributed by atoms with Gasteiger partial charge in [0.05, 0.1) is 6.26 Å². The minimum atomic E-state index is -0.198. The summed E-state index contributed by atoms with van der Waals surface area (Å²) in [5, 5.41) is -0.198. The number of benzene rings is 1. The molecule has 1 nitrogen and oxygen atoms in total. The Labute approximate surface area is 107 Å². The number of hydrogen-bond donors (Lipinski definition) is 0. The predicted octanol–water partition coefficient (Wildman–Crippen LogP) is 5.12. The van der Waals surface area contributed by atoms with E-state index in [4.69, 9.17) is 16.0 Å². The molecule has 0 saturated carbocycles. The third-order valence-corrected chi connectivity index (χ3v) is 3.67. The second kappa shape index (κ2) is 5.42. The molecule has 2 heteroatoms. The first-order chi connectivity index (χ1) is 8.22. The second-order valence-electron chi connectivity index (χ2n) is 4.35. The minimum Gasteiger partial charge on any atom is -0.467 e. The van der Waals surface area contributed by atoms with Crippen LogP contribution in [0.2, 0.25) is 0 Å². The van der Waals surface area contributed by atoms with Gasteiger partial charge >= 0.3 is 0 Å². The molecule has 2 aromatic rings. The van der Waals surface area contributed by atoms with E-state index < -0.39 is 0 Å². The molecule has 0 saturated heterocycles. The van der Waals surface area contributed by atoms with Crippen LogP contribution >= 0.6 is 11.6 Å². The molecule has 2 rings (SSSR count). The minimum absolute atomic E-state index is 0.198. The highest BCUT2D eigenvalue weighted by Crippen LogP contribution is 2.30. The van der Waals surface area contributed by atoms with Crippen LogP contribution in [-0.4, -0.2) is 0 Å². The molecule has 1 heterocycles. The van der Waals surface area contributed by atoms with Crippen LogP contribution in [-0.2, 0) is 0 Å². The van der Waals surface area contributed by atoms with E-state index in [-0.39, 0.29) is 5.38 Å². The van der Waals surface area contributed by atoms with Gasteiger partial charge in [-0.15, -0.1) is 11.6 Å². The van der Waals surface area contributed by atoms with Gasteiger partial charge in [-0.2, -0.15) is 0 Å². The highest BCUT2D eigenvalue weighted by atomic mass is 35.5. The molecule has 0 bridgehead atoms. The fraction of sp³-hybridized carbons (Fsp3) is 0.333. The van der Waals surface area contributed by atoms with Gasteiger partial charge in [0.1, 0.15) is 11.1 Å². The SMILES string of the molecule is CCC(C)c1ccc(C(Cl)c2ccco2)cc1. The van der Waals surface area contributed by atoms with Gasteiger partial charge in [0, 0.05) is 0 Å². The topological polar surface area (TPSA) is 13.1 Å². The van der Waals surface area contributed by atoms with Crippen molar-refractivity contribution in [1.82, 2.24) is 0 Å². The number of rotatable bonds is 4. The van der Waals surface area contributed by atoms with Crippen LogP contribution < -0.4 is 0 Å². The van der Waals surface area contributed by atoms with Crippen LogP contribution in [0.25, 0.3) is 0 Å². The summed E-state index contributed by atoms with van der Waals surface area (Å²) in [5.41, 5.74) is 2.44. The fourth-order valence-corrected chi connectivity index (χ4v) is 2.10. The summed E-state index contributed by atoms with van der Waals surface area (Å²) >= 11 is 6.35. The molecule has 17 heavy (non-hydrogen) atoms. The lowest BCUT2D eigenvalue weighted by molar-refractivity contribution is 0.516. The predicted molar refractivity (Wildman–Crippen MR) is 71.6 cm³/mol. The molecule has 1 aromatic carbocycles. The van der Waals surface area contributed by atoms with Crippen LogP contribution in [0, 0.1) is 0 Å². The highest BCUT2D eigenvalue weighted by molar-refractivity contribution is 6.22. The van der Waals surface area contributed by atoms with Crippen LogP contribution in [0.5, 0.6) is 0 Å². The average molecular weight is 249 g/mol. The third-order valence-electron chi connectivity index (χ3n) is 3.20. The number of halogens is 1. The Morgan fingerprint density at radius 2 is 1.76 bits per heavy atom. The standard InChI is InChI=1S/C15H17ClO/c1-3-11(2)12-6-8-13(9-7-12)15(16)14-5-4-10-17-14/h4-11,15H,3H2,1-2H3. The molecule has 0 aliphatic carbocycles. The summed E-state index contributed by atoms with van der Waals surface area (Å²) < 4.78 is 5.32. The van der Waals surface area contributed by atoms with E-state index in [2.05, 4.69) is 38.1 Å². The largest absolute Gasteiger partial charge is 0.467 e.